The maximum atomic E-state index is 4.08. The van der Waals surface area contributed by atoms with Gasteiger partial charge in [0.05, 0.1) is 0 Å². The van der Waals surface area contributed by atoms with Gasteiger partial charge in [0.1, 0.15) is 0 Å². The summed E-state index contributed by atoms with van der Waals surface area (Å²) in [6, 6.07) is 8.60. The molecule has 1 aromatic rings. The van der Waals surface area contributed by atoms with Crippen molar-refractivity contribution in [2.75, 3.05) is 7.05 Å². The third kappa shape index (κ3) is 2.71. The number of nitrogens with one attached hydrogen (secondary N) is 1. The third-order valence-corrected chi connectivity index (χ3v) is 2.40. The van der Waals surface area contributed by atoms with Crippen LogP contribution in [0.3, 0.4) is 0 Å². The molecule has 0 radical (unpaired) electrons. The second-order valence-corrected chi connectivity index (χ2v) is 3.91. The van der Waals surface area contributed by atoms with Crippen LogP contribution in [0.15, 0.2) is 30.8 Å². The fourth-order valence-electron chi connectivity index (χ4n) is 1.37. The normalized spacial score (nSPS) is 10.6. The predicted octanol–water partition coefficient (Wildman–Crippen LogP) is 3.08. The van der Waals surface area contributed by atoms with Crippen molar-refractivity contribution in [3.8, 4) is 0 Å². The number of allylic oxidation sites excluding steroid dienone is 1. The summed E-state index contributed by atoms with van der Waals surface area (Å²) in [6.45, 7) is 9.35. The molecule has 1 nitrogen and oxygen atoms in total. The highest BCUT2D eigenvalue weighted by Gasteiger charge is 2.02. The quantitative estimate of drug-likeness (QED) is 0.767. The molecule has 0 saturated carbocycles. The molecular formula is C13H19N. The van der Waals surface area contributed by atoms with E-state index >= 15 is 0 Å². The summed E-state index contributed by atoms with van der Waals surface area (Å²) in [5.74, 6) is 0.519. The van der Waals surface area contributed by atoms with Gasteiger partial charge in [0.25, 0.3) is 0 Å². The van der Waals surface area contributed by atoms with Gasteiger partial charge in [-0.25, -0.2) is 0 Å². The van der Waals surface area contributed by atoms with Crippen LogP contribution in [-0.4, -0.2) is 7.05 Å². The fraction of sp³-hybridized carbons (Fsp3) is 0.385. The monoisotopic (exact) mass is 189 g/mol. The van der Waals surface area contributed by atoms with Crippen LogP contribution < -0.4 is 5.32 Å². The highest BCUT2D eigenvalue weighted by molar-refractivity contribution is 5.64. The van der Waals surface area contributed by atoms with Gasteiger partial charge in [-0.1, -0.05) is 44.7 Å². The van der Waals surface area contributed by atoms with Crippen molar-refractivity contribution in [3.05, 3.63) is 42.0 Å². The Kier molecular flexibility index (Phi) is 3.90. The summed E-state index contributed by atoms with van der Waals surface area (Å²) in [7, 11) is 1.96. The highest BCUT2D eigenvalue weighted by Crippen LogP contribution is 2.20. The average molecular weight is 189 g/mol. The van der Waals surface area contributed by atoms with Crippen molar-refractivity contribution in [1.29, 1.82) is 0 Å². The summed E-state index contributed by atoms with van der Waals surface area (Å²) in [6.07, 6.45) is 0. The molecule has 0 atom stereocenters. The minimum Gasteiger partial charge on any atom is -0.316 e. The van der Waals surface area contributed by atoms with Crippen LogP contribution in [0.4, 0.5) is 0 Å². The predicted molar refractivity (Wildman–Crippen MR) is 63.1 cm³/mol. The minimum absolute atomic E-state index is 0.519. The second kappa shape index (κ2) is 4.97. The zero-order chi connectivity index (χ0) is 10.6. The Morgan fingerprint density at radius 3 is 2.29 bits per heavy atom. The lowest BCUT2D eigenvalue weighted by molar-refractivity contribution is 0.817. The lowest BCUT2D eigenvalue weighted by Gasteiger charge is -2.10. The highest BCUT2D eigenvalue weighted by atomic mass is 14.8. The standard InChI is InChI=1S/C13H19N/c1-10(2)11(3)13-7-5-12(6-8-13)9-14-4/h5-8,10,14H,3,9H2,1-2,4H3. The van der Waals surface area contributed by atoms with E-state index in [0.29, 0.717) is 5.92 Å². The Hall–Kier alpha value is -1.08. The first-order chi connectivity index (χ1) is 6.65. The topological polar surface area (TPSA) is 12.0 Å². The van der Waals surface area contributed by atoms with Crippen molar-refractivity contribution < 1.29 is 0 Å². The molecule has 0 aromatic heterocycles. The molecule has 0 aliphatic heterocycles. The second-order valence-electron chi connectivity index (χ2n) is 3.91. The van der Waals surface area contributed by atoms with Crippen LogP contribution in [0.2, 0.25) is 0 Å². The van der Waals surface area contributed by atoms with E-state index in [4.69, 9.17) is 0 Å². The molecule has 0 saturated heterocycles. The first-order valence-electron chi connectivity index (χ1n) is 5.08. The lowest BCUT2D eigenvalue weighted by atomic mass is 9.96. The fourth-order valence-corrected chi connectivity index (χ4v) is 1.37. The molecule has 1 heteroatoms. The van der Waals surface area contributed by atoms with Crippen molar-refractivity contribution in [2.24, 2.45) is 5.92 Å². The summed E-state index contributed by atoms with van der Waals surface area (Å²) in [5, 5.41) is 3.13. The molecule has 76 valence electrons. The molecule has 0 unspecified atom stereocenters. The average Bonchev–Trinajstić information content (AvgIpc) is 2.18. The Balaban J connectivity index is 2.78. The molecule has 0 bridgehead atoms. The van der Waals surface area contributed by atoms with E-state index in [1.165, 1.54) is 16.7 Å². The van der Waals surface area contributed by atoms with Crippen molar-refractivity contribution in [3.63, 3.8) is 0 Å². The summed E-state index contributed by atoms with van der Waals surface area (Å²) < 4.78 is 0. The Labute approximate surface area is 86.8 Å². The number of hydrogen-bond acceptors (Lipinski definition) is 1. The Morgan fingerprint density at radius 1 is 1.29 bits per heavy atom. The van der Waals surface area contributed by atoms with Crippen molar-refractivity contribution in [1.82, 2.24) is 5.32 Å². The molecule has 0 amide bonds. The summed E-state index contributed by atoms with van der Waals surface area (Å²) in [4.78, 5) is 0. The van der Waals surface area contributed by atoms with Crippen LogP contribution in [0.25, 0.3) is 5.57 Å². The largest absolute Gasteiger partial charge is 0.316 e. The van der Waals surface area contributed by atoms with Gasteiger partial charge in [-0.3, -0.25) is 0 Å². The molecule has 0 spiro atoms. The first-order valence-corrected chi connectivity index (χ1v) is 5.08. The van der Waals surface area contributed by atoms with Crippen LogP contribution >= 0.6 is 0 Å². The van der Waals surface area contributed by atoms with Gasteiger partial charge in [0, 0.05) is 6.54 Å². The molecule has 0 heterocycles. The zero-order valence-corrected chi connectivity index (χ0v) is 9.30. The molecule has 1 aromatic carbocycles. The van der Waals surface area contributed by atoms with E-state index in [2.05, 4.69) is 50.0 Å². The minimum atomic E-state index is 0.519. The first kappa shape index (κ1) is 11.0. The molecule has 0 aliphatic rings. The van der Waals surface area contributed by atoms with Crippen LogP contribution in [0.1, 0.15) is 25.0 Å². The van der Waals surface area contributed by atoms with Gasteiger partial charge in [0.15, 0.2) is 0 Å². The Bertz CT molecular complexity index is 296. The van der Waals surface area contributed by atoms with Crippen LogP contribution in [0.5, 0.6) is 0 Å². The SMILES string of the molecule is C=C(c1ccc(CNC)cc1)C(C)C. The zero-order valence-electron chi connectivity index (χ0n) is 9.30. The van der Waals surface area contributed by atoms with E-state index in [-0.39, 0.29) is 0 Å². The molecule has 0 fully saturated rings. The Morgan fingerprint density at radius 2 is 1.86 bits per heavy atom. The van der Waals surface area contributed by atoms with Crippen molar-refractivity contribution >= 4 is 5.57 Å². The van der Waals surface area contributed by atoms with E-state index in [1.807, 2.05) is 7.05 Å². The van der Waals surface area contributed by atoms with E-state index in [9.17, 15) is 0 Å². The van der Waals surface area contributed by atoms with E-state index in [0.717, 1.165) is 6.54 Å². The van der Waals surface area contributed by atoms with Gasteiger partial charge < -0.3 is 5.32 Å². The van der Waals surface area contributed by atoms with Crippen LogP contribution in [0, 0.1) is 5.92 Å². The van der Waals surface area contributed by atoms with Crippen molar-refractivity contribution in [2.45, 2.75) is 20.4 Å². The molecular weight excluding hydrogens is 170 g/mol. The van der Waals surface area contributed by atoms with Gasteiger partial charge in [-0.05, 0) is 29.7 Å². The van der Waals surface area contributed by atoms with Gasteiger partial charge >= 0.3 is 0 Å². The summed E-state index contributed by atoms with van der Waals surface area (Å²) in [5.41, 5.74) is 3.77. The number of rotatable bonds is 4. The molecule has 1 rings (SSSR count). The third-order valence-electron chi connectivity index (χ3n) is 2.40. The van der Waals surface area contributed by atoms with E-state index in [1.54, 1.807) is 0 Å². The molecule has 1 N–H and O–H groups in total. The van der Waals surface area contributed by atoms with Gasteiger partial charge in [-0.15, -0.1) is 0 Å². The molecule has 14 heavy (non-hydrogen) atoms. The lowest BCUT2D eigenvalue weighted by Crippen LogP contribution is -2.04. The smallest absolute Gasteiger partial charge is 0.0202 e. The molecule has 0 aliphatic carbocycles. The maximum Gasteiger partial charge on any atom is 0.0202 e. The summed E-state index contributed by atoms with van der Waals surface area (Å²) >= 11 is 0. The van der Waals surface area contributed by atoms with Gasteiger partial charge in [0.2, 0.25) is 0 Å². The number of benzene rings is 1. The van der Waals surface area contributed by atoms with E-state index < -0.39 is 0 Å². The van der Waals surface area contributed by atoms with Crippen LogP contribution in [-0.2, 0) is 6.54 Å². The maximum absolute atomic E-state index is 4.08. The van der Waals surface area contributed by atoms with Gasteiger partial charge in [-0.2, -0.15) is 0 Å². The number of hydrogen-bond donors (Lipinski definition) is 1.